The molecule has 14 atom stereocenters. The van der Waals surface area contributed by atoms with Crippen molar-refractivity contribution in [2.45, 2.75) is 310 Å². The van der Waals surface area contributed by atoms with Crippen molar-refractivity contribution < 1.29 is 121 Å². The monoisotopic (exact) mass is 2100 g/mol. The number of benzene rings is 3. The van der Waals surface area contributed by atoms with E-state index in [4.69, 9.17) is 10.5 Å². The van der Waals surface area contributed by atoms with Crippen molar-refractivity contribution in [1.82, 2.24) is 89.6 Å². The summed E-state index contributed by atoms with van der Waals surface area (Å²) in [6.07, 6.45) is 1.34. The number of fused-ring (bicyclic) bond motifs is 4. The van der Waals surface area contributed by atoms with Crippen LogP contribution in [0.3, 0.4) is 0 Å². The molecule has 1 saturated carbocycles. The largest absolute Gasteiger partial charge is 0.481 e. The van der Waals surface area contributed by atoms with Gasteiger partial charge in [-0.05, 0) is 209 Å². The number of rotatable bonds is 17. The first-order chi connectivity index (χ1) is 70.9. The molecule has 149 heavy (non-hydrogen) atoms. The molecule has 1 aliphatic carbocycles. The summed E-state index contributed by atoms with van der Waals surface area (Å²) < 4.78 is 6.73. The minimum atomic E-state index is -2.22. The Hall–Kier alpha value is -14.5. The summed E-state index contributed by atoms with van der Waals surface area (Å²) in [6.45, 7) is 7.86. The summed E-state index contributed by atoms with van der Waals surface area (Å²) in [5, 5.41) is 78.0. The average Bonchev–Trinajstić information content (AvgIpc) is 1.66. The summed E-state index contributed by atoms with van der Waals surface area (Å²) >= 11 is 2.61. The van der Waals surface area contributed by atoms with Crippen molar-refractivity contribution in [1.29, 1.82) is 0 Å². The van der Waals surface area contributed by atoms with Gasteiger partial charge >= 0.3 is 24.0 Å². The fourth-order valence-corrected chi connectivity index (χ4v) is 21.2. The molecule has 0 unspecified atom stereocenters. The number of aliphatic carboxylic acids is 2. The highest BCUT2D eigenvalue weighted by atomic mass is 32.1. The number of hydrogen-bond donors (Lipinski definition) is 19. The second-order valence-corrected chi connectivity index (χ2v) is 42.1. The van der Waals surface area contributed by atoms with E-state index >= 15 is 52.7 Å². The first-order valence-corrected chi connectivity index (χ1v) is 52.3. The minimum Gasteiger partial charge on any atom is -0.481 e. The highest BCUT2D eigenvalue weighted by Crippen LogP contribution is 2.37. The molecule has 2 aromatic heterocycles. The van der Waals surface area contributed by atoms with E-state index in [1.165, 1.54) is 72.6 Å². The lowest BCUT2D eigenvalue weighted by atomic mass is 9.83. The smallest absolute Gasteiger partial charge is 0.409 e. The first kappa shape index (κ1) is 115. The molecular formula is C104H136N18O25S2. The second-order valence-electron chi connectivity index (χ2n) is 40.4. The molecule has 804 valence electrons. The van der Waals surface area contributed by atoms with Crippen molar-refractivity contribution in [3.63, 3.8) is 0 Å². The Morgan fingerprint density at radius 3 is 1.70 bits per heavy atom. The number of nitrogens with one attached hydrogen (secondary N) is 15. The summed E-state index contributed by atoms with van der Waals surface area (Å²) in [5.41, 5.74) is -1.84. The van der Waals surface area contributed by atoms with E-state index in [1.807, 2.05) is 18.2 Å². The molecule has 4 spiro atoms. The van der Waals surface area contributed by atoms with Gasteiger partial charge in [0.2, 0.25) is 100 Å². The van der Waals surface area contributed by atoms with Crippen LogP contribution in [0.2, 0.25) is 0 Å². The summed E-state index contributed by atoms with van der Waals surface area (Å²) in [7, 11) is 0. The Morgan fingerprint density at radius 1 is 0.510 bits per heavy atom. The molecule has 20 N–H and O–H groups in total. The van der Waals surface area contributed by atoms with Crippen LogP contribution in [-0.2, 0) is 122 Å². The van der Waals surface area contributed by atoms with Crippen molar-refractivity contribution in [3.8, 4) is 0 Å². The normalized spacial score (nSPS) is 26.9. The molecule has 45 heteroatoms. The summed E-state index contributed by atoms with van der Waals surface area (Å²) in [5.74, 6) is -21.0. The highest BCUT2D eigenvalue weighted by molar-refractivity contribution is 7.17. The maximum absolute atomic E-state index is 16.2. The van der Waals surface area contributed by atoms with Gasteiger partial charge in [-0.1, -0.05) is 119 Å². The maximum Gasteiger partial charge on any atom is 0.409 e. The van der Waals surface area contributed by atoms with Gasteiger partial charge in [0.25, 0.3) is 0 Å². The van der Waals surface area contributed by atoms with Gasteiger partial charge in [-0.15, -0.1) is 11.3 Å². The maximum atomic E-state index is 16.2. The standard InChI is InChI=1S/C104H136N18O25S2/c1-61(83(105)129)107-85(131)71-35-36-80(124)106-45-24-18-33-70-91(137)120-103(97(144)115-73(53-66-37-49-148-58-66)87(133)113-75(88(134)110-71)54-68-59-149-79-34-17-16-32-69(68)79)44-47-121(60-103)99(146)147-48-25-12-8-7-9-19-38-102(39-20-10-11-21-42-104(43-27-46-122(104)63(3)123)98(145)117-77(56-82(127)128)90(136)114-78(93(139)119-102)57-100(4,5)6)96(143)116-76(55-81(125)126)89(135)112-74(52-65-30-26-31-67(50-65)94(140)141)92(138)118-101(40-22-23-41-101)95(142)108-62(2)84(130)111-72(86(132)109-70)51-64-28-14-13-15-29-64/h7-8,11,13-17,21,26,28-32,34,37,49-50,58-59,61-62,70-78H,9-10,12,18-20,22-25,27,33,35-36,38-48,51-57,60H2,1-6H3,(H2,105,129)(H,106,124)(H,107,131)(H,108,142)(H,109,132)(H,110,134)(H,111,130)(H,112,135)(H,113,133)(H,114,136)(H,115,144)(H,116,143)(H,117,145)(H,118,138)(H,119,139)(H,120,137)(H,125,126)(H,127,128)(H,140,141)/b8-7+,21-11+/t61-,62-,70-,71-,72-,73-,74-,75-,76-,77-,78-,102-,103-,104-/m0/s1. The van der Waals surface area contributed by atoms with Gasteiger partial charge in [-0.25, -0.2) is 9.59 Å². The fraction of sp³-hybridized carbons (Fsp3) is 0.529. The Morgan fingerprint density at radius 2 is 1.05 bits per heavy atom. The van der Waals surface area contributed by atoms with Gasteiger partial charge in [0.1, 0.15) is 88.6 Å². The molecule has 3 aromatic carbocycles. The Balaban J connectivity index is 0.985. The van der Waals surface area contributed by atoms with E-state index in [9.17, 15) is 63.3 Å². The van der Waals surface area contributed by atoms with Crippen molar-refractivity contribution >= 4 is 157 Å². The third kappa shape index (κ3) is 32.0. The topological polar surface area (TPSA) is 641 Å². The molecule has 43 nitrogen and oxygen atoms in total. The number of likely N-dealkylation sites (tertiary alicyclic amines) is 1. The molecule has 3 saturated heterocycles. The van der Waals surface area contributed by atoms with Crippen LogP contribution in [-0.4, -0.2) is 271 Å². The average molecular weight is 2100 g/mol. The van der Waals surface area contributed by atoms with Crippen LogP contribution >= 0.6 is 22.7 Å². The lowest BCUT2D eigenvalue weighted by molar-refractivity contribution is -0.146. The van der Waals surface area contributed by atoms with Crippen molar-refractivity contribution in [3.05, 3.63) is 153 Å². The van der Waals surface area contributed by atoms with Crippen LogP contribution in [0.5, 0.6) is 0 Å². The quantitative estimate of drug-likeness (QED) is 0.0594. The van der Waals surface area contributed by atoms with E-state index in [0.717, 1.165) is 15.0 Å². The van der Waals surface area contributed by atoms with Gasteiger partial charge in [-0.2, -0.15) is 11.3 Å². The van der Waals surface area contributed by atoms with Gasteiger partial charge in [-0.3, -0.25) is 91.1 Å². The molecular weight excluding hydrogens is 1970 g/mol. The summed E-state index contributed by atoms with van der Waals surface area (Å²) in [4.78, 5) is 311. The number of hydrogen-bond acceptors (Lipinski definition) is 24. The van der Waals surface area contributed by atoms with E-state index in [1.54, 1.807) is 104 Å². The number of nitrogens with two attached hydrogens (primary N) is 1. The number of carboxylic acid groups (broad SMARTS) is 3. The summed E-state index contributed by atoms with van der Waals surface area (Å²) in [6, 6.07) is 4.12. The number of nitrogens with zero attached hydrogens (tertiary/aromatic N) is 2. The zero-order chi connectivity index (χ0) is 108. The number of cyclic esters (lactones) is 1. The third-order valence-corrected chi connectivity index (χ3v) is 29.5. The van der Waals surface area contributed by atoms with E-state index < -0.39 is 251 Å². The van der Waals surface area contributed by atoms with Crippen LogP contribution in [0.25, 0.3) is 10.1 Å². The van der Waals surface area contributed by atoms with Crippen LogP contribution < -0.4 is 85.5 Å². The molecule has 18 amide bonds. The van der Waals surface area contributed by atoms with Crippen molar-refractivity contribution in [2.75, 3.05) is 32.8 Å². The molecule has 5 aromatic rings. The van der Waals surface area contributed by atoms with Crippen molar-refractivity contribution in [2.24, 2.45) is 11.1 Å². The number of carbonyl (C=O) groups excluding carboxylic acids is 18. The molecule has 7 heterocycles. The predicted molar refractivity (Wildman–Crippen MR) is 545 cm³/mol. The van der Waals surface area contributed by atoms with Gasteiger partial charge < -0.3 is 115 Å². The molecule has 3 bridgehead atoms. The lowest BCUT2D eigenvalue weighted by Gasteiger charge is -2.38. The molecule has 6 aliphatic rings. The number of thiophene rings is 2. The van der Waals surface area contributed by atoms with E-state index in [-0.39, 0.29) is 185 Å². The van der Waals surface area contributed by atoms with Crippen LogP contribution in [0, 0.1) is 5.41 Å². The van der Waals surface area contributed by atoms with Crippen LogP contribution in [0.1, 0.15) is 228 Å². The first-order valence-electron chi connectivity index (χ1n) is 50.5. The fourth-order valence-electron chi connectivity index (χ4n) is 19.5. The Labute approximate surface area is 869 Å². The van der Waals surface area contributed by atoms with E-state index in [0.29, 0.717) is 23.1 Å². The molecule has 5 aliphatic heterocycles. The minimum absolute atomic E-state index is 0.00320. The third-order valence-electron chi connectivity index (χ3n) is 27.7. The number of amides is 18. The number of ether oxygens (including phenoxy) is 1. The number of carboxylic acids is 3. The highest BCUT2D eigenvalue weighted by Gasteiger charge is 2.54. The number of carbonyl (C=O) groups is 21. The second kappa shape index (κ2) is 52.9. The number of allylic oxidation sites excluding steroid dienone is 3. The Kier molecular flexibility index (Phi) is 40.7. The van der Waals surface area contributed by atoms with Crippen LogP contribution in [0.15, 0.2) is 125 Å². The van der Waals surface area contributed by atoms with Crippen LogP contribution in [0.4, 0.5) is 4.79 Å². The predicted octanol–water partition coefficient (Wildman–Crippen LogP) is 3.27. The van der Waals surface area contributed by atoms with E-state index in [2.05, 4.69) is 79.8 Å². The molecule has 0 radical (unpaired) electrons. The molecule has 11 rings (SSSR count). The van der Waals surface area contributed by atoms with Gasteiger partial charge in [0.15, 0.2) is 0 Å². The number of aromatic carboxylic acids is 1. The number of primary amides is 1. The zero-order valence-corrected chi connectivity index (χ0v) is 86.1. The lowest BCUT2D eigenvalue weighted by Crippen LogP contribution is -2.67. The SMILES string of the molecule is CC(=O)N1CCC[C@]12C/C=C/CCC[C@]1(CCC/C=C/CCCOC(=O)N3CC[C@@]4(C3)NC(=O)[C@H](CCCCNC(=O)CC[C@@H](C(=O)N[C@@H](C)C(N)=O)NC(=O)[C@H](Cc3csc5ccccc35)NC(=O)[C@H](Cc3ccsc3)NC4=O)NC(=O)[C@H](Cc3ccccc3)NC(=O)[C@H](C)NC(=O)C3(CCCC3)NC(=O)[C@H](Cc3cccc(C(=O)O)c3)NC(=O)[C@H](CC(=O)O)NC1=O)NC(=O)[C@H](CC(C)(C)C)NC(=O)[C@H](CC(=O)O)NC2=O. The zero-order valence-electron chi connectivity index (χ0n) is 84.4. The van der Waals surface area contributed by atoms with Gasteiger partial charge in [0, 0.05) is 63.4 Å². The molecule has 4 fully saturated rings. The van der Waals surface area contributed by atoms with Gasteiger partial charge in [0.05, 0.1) is 31.6 Å². The Bertz CT molecular complexity index is 5820.